The number of thiol groups is 1. The van der Waals surface area contributed by atoms with Crippen LogP contribution in [0.2, 0.25) is 0 Å². The summed E-state index contributed by atoms with van der Waals surface area (Å²) in [7, 11) is -2.41. The van der Waals surface area contributed by atoms with E-state index in [1.165, 1.54) is 6.92 Å². The minimum Gasteiger partial charge on any atom is -0.395 e. The van der Waals surface area contributed by atoms with Gasteiger partial charge in [0.15, 0.2) is 0 Å². The van der Waals surface area contributed by atoms with Gasteiger partial charge in [-0.3, -0.25) is 0 Å². The first kappa shape index (κ1) is 6.91. The zero-order valence-corrected chi connectivity index (χ0v) is 4.89. The number of aliphatic hydroxyl groups is 1. The lowest BCUT2D eigenvalue weighted by Crippen LogP contribution is -2.08. The Morgan fingerprint density at radius 2 is 2.14 bits per heavy atom. The van der Waals surface area contributed by atoms with E-state index in [-0.39, 0.29) is 6.61 Å². The molecular formula is C3H8O3S. The summed E-state index contributed by atoms with van der Waals surface area (Å²) >= 11 is 0. The summed E-state index contributed by atoms with van der Waals surface area (Å²) in [4.78, 5) is 0. The predicted octanol–water partition coefficient (Wildman–Crippen LogP) is -1.02. The van der Waals surface area contributed by atoms with Crippen LogP contribution in [0.3, 0.4) is 0 Å². The maximum absolute atomic E-state index is 9.81. The van der Waals surface area contributed by atoms with Crippen molar-refractivity contribution in [3.63, 3.8) is 0 Å². The van der Waals surface area contributed by atoms with Gasteiger partial charge in [-0.2, -0.15) is 0 Å². The molecule has 0 amide bonds. The van der Waals surface area contributed by atoms with Gasteiger partial charge in [0.2, 0.25) is 0 Å². The van der Waals surface area contributed by atoms with E-state index in [0.717, 1.165) is 0 Å². The summed E-state index contributed by atoms with van der Waals surface area (Å²) in [6.07, 6.45) is 0. The molecule has 0 aromatic carbocycles. The van der Waals surface area contributed by atoms with Crippen LogP contribution in [0, 0.1) is 0 Å². The van der Waals surface area contributed by atoms with Crippen molar-refractivity contribution >= 4 is 10.7 Å². The van der Waals surface area contributed by atoms with Gasteiger partial charge in [0.25, 0.3) is 0 Å². The third kappa shape index (κ3) is 2.59. The molecule has 1 atom stereocenters. The fourth-order valence-corrected chi connectivity index (χ4v) is 0.200. The summed E-state index contributed by atoms with van der Waals surface area (Å²) in [5.41, 5.74) is 0. The van der Waals surface area contributed by atoms with Gasteiger partial charge < -0.3 is 5.11 Å². The van der Waals surface area contributed by atoms with E-state index >= 15 is 0 Å². The summed E-state index contributed by atoms with van der Waals surface area (Å²) in [5, 5.41) is 7.53. The topological polar surface area (TPSA) is 54.4 Å². The van der Waals surface area contributed by atoms with E-state index in [1.54, 1.807) is 0 Å². The molecule has 0 saturated heterocycles. The second-order valence-electron chi connectivity index (χ2n) is 1.32. The molecule has 0 rings (SSSR count). The number of hydrogen-bond donors (Lipinski definition) is 2. The molecule has 0 aliphatic heterocycles. The zero-order chi connectivity index (χ0) is 5.86. The minimum absolute atomic E-state index is 0.279. The van der Waals surface area contributed by atoms with Crippen molar-refractivity contribution in [2.75, 3.05) is 6.61 Å². The van der Waals surface area contributed by atoms with Gasteiger partial charge in [-0.25, -0.2) is 8.42 Å². The van der Waals surface area contributed by atoms with Crippen molar-refractivity contribution < 1.29 is 13.5 Å². The molecular weight excluding hydrogens is 116 g/mol. The molecule has 1 unspecified atom stereocenters. The fourth-order valence-electron chi connectivity index (χ4n) is 0.0667. The fraction of sp³-hybridized carbons (Fsp3) is 1.00. The lowest BCUT2D eigenvalue weighted by Gasteiger charge is -1.91. The van der Waals surface area contributed by atoms with E-state index in [1.807, 2.05) is 0 Å². The van der Waals surface area contributed by atoms with Gasteiger partial charge in [-0.15, -0.1) is 0 Å². The summed E-state index contributed by atoms with van der Waals surface area (Å²) < 4.78 is 19.6. The summed E-state index contributed by atoms with van der Waals surface area (Å²) in [5.74, 6) is 0. The molecule has 0 fully saturated rings. The highest BCUT2D eigenvalue weighted by atomic mass is 32.2. The SMILES string of the molecule is CC(CO)[SH](=O)=O. The van der Waals surface area contributed by atoms with Crippen molar-refractivity contribution in [3.05, 3.63) is 0 Å². The molecule has 0 aliphatic carbocycles. The van der Waals surface area contributed by atoms with Crippen LogP contribution in [-0.2, 0) is 10.7 Å². The molecule has 0 aliphatic rings. The average Bonchev–Trinajstić information content (AvgIpc) is 1.65. The zero-order valence-electron chi connectivity index (χ0n) is 4.00. The first-order chi connectivity index (χ1) is 3.18. The van der Waals surface area contributed by atoms with Crippen molar-refractivity contribution in [3.8, 4) is 0 Å². The molecule has 0 bridgehead atoms. The second kappa shape index (κ2) is 2.98. The Morgan fingerprint density at radius 3 is 2.14 bits per heavy atom. The average molecular weight is 124 g/mol. The summed E-state index contributed by atoms with van der Waals surface area (Å²) in [6, 6.07) is 0. The van der Waals surface area contributed by atoms with Crippen LogP contribution in [0.15, 0.2) is 0 Å². The second-order valence-corrected chi connectivity index (χ2v) is 2.77. The molecule has 0 saturated carbocycles. The van der Waals surface area contributed by atoms with Gasteiger partial charge >= 0.3 is 0 Å². The van der Waals surface area contributed by atoms with E-state index in [2.05, 4.69) is 0 Å². The smallest absolute Gasteiger partial charge is 0.144 e. The standard InChI is InChI=1S/C3H8O3S/c1-3(2-4)7(5)6/h3-4,7H,2H2,1H3. The number of aliphatic hydroxyl groups excluding tert-OH is 1. The van der Waals surface area contributed by atoms with Gasteiger partial charge in [0.05, 0.1) is 11.9 Å². The van der Waals surface area contributed by atoms with Crippen LogP contribution in [0.1, 0.15) is 6.92 Å². The lowest BCUT2D eigenvalue weighted by atomic mass is 10.5. The van der Waals surface area contributed by atoms with Crippen LogP contribution >= 0.6 is 0 Å². The minimum atomic E-state index is -2.41. The maximum Gasteiger partial charge on any atom is 0.144 e. The molecule has 7 heavy (non-hydrogen) atoms. The molecule has 1 N–H and O–H groups in total. The molecule has 44 valence electrons. The first-order valence-electron chi connectivity index (χ1n) is 1.93. The Morgan fingerprint density at radius 1 is 1.71 bits per heavy atom. The molecule has 0 aromatic heterocycles. The molecule has 3 nitrogen and oxygen atoms in total. The van der Waals surface area contributed by atoms with Gasteiger partial charge in [-0.1, -0.05) is 0 Å². The van der Waals surface area contributed by atoms with Crippen LogP contribution in [-0.4, -0.2) is 25.4 Å². The molecule has 0 aromatic rings. The third-order valence-corrected chi connectivity index (χ3v) is 1.51. The van der Waals surface area contributed by atoms with Crippen molar-refractivity contribution in [2.24, 2.45) is 0 Å². The Hall–Kier alpha value is -0.0900. The quantitative estimate of drug-likeness (QED) is 0.463. The molecule has 0 spiro atoms. The highest BCUT2D eigenvalue weighted by Gasteiger charge is 1.98. The van der Waals surface area contributed by atoms with Gasteiger partial charge in [0, 0.05) is 0 Å². The van der Waals surface area contributed by atoms with E-state index in [0.29, 0.717) is 0 Å². The maximum atomic E-state index is 9.81. The van der Waals surface area contributed by atoms with Crippen LogP contribution < -0.4 is 0 Å². The van der Waals surface area contributed by atoms with Crippen molar-refractivity contribution in [2.45, 2.75) is 12.2 Å². The normalized spacial score (nSPS) is 14.7. The van der Waals surface area contributed by atoms with Gasteiger partial charge in [-0.05, 0) is 6.92 Å². The predicted molar refractivity (Wildman–Crippen MR) is 26.9 cm³/mol. The van der Waals surface area contributed by atoms with Crippen LogP contribution in [0.4, 0.5) is 0 Å². The summed E-state index contributed by atoms with van der Waals surface area (Å²) in [6.45, 7) is 1.17. The number of hydrogen-bond acceptors (Lipinski definition) is 3. The molecule has 0 radical (unpaired) electrons. The Labute approximate surface area is 43.9 Å². The largest absolute Gasteiger partial charge is 0.395 e. The molecule has 0 heterocycles. The third-order valence-electron chi connectivity index (χ3n) is 0.624. The van der Waals surface area contributed by atoms with E-state index in [9.17, 15) is 8.42 Å². The van der Waals surface area contributed by atoms with E-state index < -0.39 is 16.0 Å². The van der Waals surface area contributed by atoms with Gasteiger partial charge in [0.1, 0.15) is 10.7 Å². The Bertz CT molecular complexity index is 98.7. The van der Waals surface area contributed by atoms with E-state index in [4.69, 9.17) is 5.11 Å². The molecule has 4 heteroatoms. The van der Waals surface area contributed by atoms with Crippen molar-refractivity contribution in [1.29, 1.82) is 0 Å². The van der Waals surface area contributed by atoms with Crippen LogP contribution in [0.5, 0.6) is 0 Å². The lowest BCUT2D eigenvalue weighted by molar-refractivity contribution is 0.297. The monoisotopic (exact) mass is 124 g/mol. The highest BCUT2D eigenvalue weighted by molar-refractivity contribution is 7.73. The Balaban J connectivity index is 3.57. The van der Waals surface area contributed by atoms with Crippen molar-refractivity contribution in [1.82, 2.24) is 0 Å². The number of rotatable bonds is 2. The Kier molecular flexibility index (Phi) is 2.95. The highest BCUT2D eigenvalue weighted by Crippen LogP contribution is 1.80. The first-order valence-corrected chi connectivity index (χ1v) is 3.17. The van der Waals surface area contributed by atoms with Crippen LogP contribution in [0.25, 0.3) is 0 Å².